The number of halogens is 1. The third-order valence-corrected chi connectivity index (χ3v) is 6.41. The molecular formula is C28H31BrO6. The first kappa shape index (κ1) is 26.0. The van der Waals surface area contributed by atoms with Crippen molar-refractivity contribution in [2.24, 2.45) is 0 Å². The van der Waals surface area contributed by atoms with E-state index in [4.69, 9.17) is 23.7 Å². The minimum Gasteiger partial charge on any atom is -0.385 e. The molecule has 0 saturated carbocycles. The van der Waals surface area contributed by atoms with Gasteiger partial charge in [0.15, 0.2) is 6.29 Å². The second kappa shape index (κ2) is 13.3. The van der Waals surface area contributed by atoms with Crippen LogP contribution in [0.4, 0.5) is 0 Å². The number of methoxy groups -OCH3 is 1. The first-order valence-corrected chi connectivity index (χ1v) is 12.4. The predicted octanol–water partition coefficient (Wildman–Crippen LogP) is 4.87. The molecule has 1 aliphatic heterocycles. The molecule has 0 aliphatic carbocycles. The van der Waals surface area contributed by atoms with Gasteiger partial charge in [-0.2, -0.15) is 0 Å². The lowest BCUT2D eigenvalue weighted by atomic mass is 9.98. The van der Waals surface area contributed by atoms with E-state index in [-0.39, 0.29) is 6.61 Å². The molecule has 0 aromatic heterocycles. The van der Waals surface area contributed by atoms with E-state index in [0.717, 1.165) is 21.2 Å². The Morgan fingerprint density at radius 2 is 1.29 bits per heavy atom. The third-order valence-electron chi connectivity index (χ3n) is 5.88. The zero-order chi connectivity index (χ0) is 24.5. The predicted molar refractivity (Wildman–Crippen MR) is 136 cm³/mol. The Hall–Kier alpha value is -2.10. The SMILES string of the molecule is CO[C@@H]1O[C@H](COCc2ccc(Br)cc2)[C@@H](OCc2ccccc2)[C@H](OCc2ccccc2)[C@H]1O. The summed E-state index contributed by atoms with van der Waals surface area (Å²) in [5.41, 5.74) is 3.07. The van der Waals surface area contributed by atoms with E-state index in [1.165, 1.54) is 7.11 Å². The summed E-state index contributed by atoms with van der Waals surface area (Å²) in [6.45, 7) is 1.37. The molecule has 1 N–H and O–H groups in total. The maximum atomic E-state index is 11.0. The first-order valence-electron chi connectivity index (χ1n) is 11.6. The van der Waals surface area contributed by atoms with E-state index in [0.29, 0.717) is 19.8 Å². The Kier molecular flexibility index (Phi) is 9.85. The average Bonchev–Trinajstić information content (AvgIpc) is 2.90. The van der Waals surface area contributed by atoms with E-state index in [9.17, 15) is 5.11 Å². The van der Waals surface area contributed by atoms with Gasteiger partial charge in [0.05, 0.1) is 26.4 Å². The Labute approximate surface area is 214 Å². The van der Waals surface area contributed by atoms with Gasteiger partial charge >= 0.3 is 0 Å². The Bertz CT molecular complexity index is 1000. The smallest absolute Gasteiger partial charge is 0.186 e. The van der Waals surface area contributed by atoms with Crippen LogP contribution in [0, 0.1) is 0 Å². The molecule has 0 spiro atoms. The van der Waals surface area contributed by atoms with Crippen molar-refractivity contribution in [1.29, 1.82) is 0 Å². The standard InChI is InChI=1S/C28H31BrO6/c1-31-28-25(30)27(34-18-21-10-6-3-7-11-21)26(33-17-20-8-4-2-5-9-20)24(35-28)19-32-16-22-12-14-23(29)15-13-22/h2-15,24-28,30H,16-19H2,1H3/t24-,25-,26-,27-,28-/m1/s1. The third kappa shape index (κ3) is 7.44. The summed E-state index contributed by atoms with van der Waals surface area (Å²) in [6, 6.07) is 27.7. The summed E-state index contributed by atoms with van der Waals surface area (Å²) in [6.07, 6.45) is -3.60. The van der Waals surface area contributed by atoms with Gasteiger partial charge in [0, 0.05) is 11.6 Å². The van der Waals surface area contributed by atoms with Gasteiger partial charge in [0.25, 0.3) is 0 Å². The molecule has 0 unspecified atom stereocenters. The number of ether oxygens (including phenoxy) is 5. The van der Waals surface area contributed by atoms with Gasteiger partial charge in [0.1, 0.15) is 24.4 Å². The topological polar surface area (TPSA) is 66.4 Å². The van der Waals surface area contributed by atoms with E-state index in [2.05, 4.69) is 15.9 Å². The monoisotopic (exact) mass is 542 g/mol. The van der Waals surface area contributed by atoms with Gasteiger partial charge in [-0.15, -0.1) is 0 Å². The van der Waals surface area contributed by atoms with Crippen LogP contribution in [0.1, 0.15) is 16.7 Å². The Balaban J connectivity index is 1.48. The fraction of sp³-hybridized carbons (Fsp3) is 0.357. The summed E-state index contributed by atoms with van der Waals surface area (Å²) in [5.74, 6) is 0. The fourth-order valence-electron chi connectivity index (χ4n) is 4.02. The van der Waals surface area contributed by atoms with Crippen LogP contribution >= 0.6 is 15.9 Å². The average molecular weight is 543 g/mol. The van der Waals surface area contributed by atoms with Crippen LogP contribution in [0.15, 0.2) is 89.4 Å². The molecule has 3 aromatic carbocycles. The van der Waals surface area contributed by atoms with Crippen molar-refractivity contribution < 1.29 is 28.8 Å². The minimum absolute atomic E-state index is 0.257. The second-order valence-electron chi connectivity index (χ2n) is 8.43. The van der Waals surface area contributed by atoms with Gasteiger partial charge in [0.2, 0.25) is 0 Å². The van der Waals surface area contributed by atoms with Crippen LogP contribution in [0.2, 0.25) is 0 Å². The van der Waals surface area contributed by atoms with Crippen molar-refractivity contribution in [3.05, 3.63) is 106 Å². The van der Waals surface area contributed by atoms with Crippen LogP contribution in [-0.2, 0) is 43.5 Å². The zero-order valence-electron chi connectivity index (χ0n) is 19.7. The number of hydrogen-bond donors (Lipinski definition) is 1. The molecule has 1 fully saturated rings. The van der Waals surface area contributed by atoms with Gasteiger partial charge in [-0.1, -0.05) is 88.7 Å². The van der Waals surface area contributed by atoms with E-state index in [1.807, 2.05) is 84.9 Å². The van der Waals surface area contributed by atoms with Crippen molar-refractivity contribution in [2.45, 2.75) is 50.5 Å². The number of aliphatic hydroxyl groups excluding tert-OH is 1. The van der Waals surface area contributed by atoms with Crippen LogP contribution in [-0.4, -0.2) is 49.5 Å². The van der Waals surface area contributed by atoms with Gasteiger partial charge in [-0.25, -0.2) is 0 Å². The molecule has 3 aromatic rings. The lowest BCUT2D eigenvalue weighted by Crippen LogP contribution is -2.60. The molecule has 1 saturated heterocycles. The second-order valence-corrected chi connectivity index (χ2v) is 9.35. The summed E-state index contributed by atoms with van der Waals surface area (Å²) >= 11 is 3.45. The van der Waals surface area contributed by atoms with Gasteiger partial charge in [-0.3, -0.25) is 0 Å². The number of hydrogen-bond acceptors (Lipinski definition) is 6. The summed E-state index contributed by atoms with van der Waals surface area (Å²) in [5, 5.41) is 11.0. The molecule has 0 radical (unpaired) electrons. The molecular weight excluding hydrogens is 512 g/mol. The maximum absolute atomic E-state index is 11.0. The van der Waals surface area contributed by atoms with Gasteiger partial charge < -0.3 is 28.8 Å². The molecule has 5 atom stereocenters. The van der Waals surface area contributed by atoms with E-state index in [1.54, 1.807) is 0 Å². The molecule has 6 nitrogen and oxygen atoms in total. The van der Waals surface area contributed by atoms with Crippen molar-refractivity contribution in [1.82, 2.24) is 0 Å². The normalized spacial score (nSPS) is 24.4. The number of aliphatic hydroxyl groups is 1. The highest BCUT2D eigenvalue weighted by Crippen LogP contribution is 2.28. The van der Waals surface area contributed by atoms with E-state index >= 15 is 0 Å². The van der Waals surface area contributed by atoms with Crippen LogP contribution in [0.5, 0.6) is 0 Å². The largest absolute Gasteiger partial charge is 0.385 e. The molecule has 1 heterocycles. The molecule has 0 bridgehead atoms. The van der Waals surface area contributed by atoms with E-state index < -0.39 is 30.7 Å². The van der Waals surface area contributed by atoms with Crippen molar-refractivity contribution in [3.8, 4) is 0 Å². The summed E-state index contributed by atoms with van der Waals surface area (Å²) in [7, 11) is 1.51. The van der Waals surface area contributed by atoms with Crippen LogP contribution in [0.3, 0.4) is 0 Å². The quantitative estimate of drug-likeness (QED) is 0.373. The highest BCUT2D eigenvalue weighted by atomic mass is 79.9. The zero-order valence-corrected chi connectivity index (χ0v) is 21.3. The lowest BCUT2D eigenvalue weighted by molar-refractivity contribution is -0.313. The number of benzene rings is 3. The Morgan fingerprint density at radius 3 is 1.86 bits per heavy atom. The fourth-order valence-corrected chi connectivity index (χ4v) is 4.29. The Morgan fingerprint density at radius 1 is 0.743 bits per heavy atom. The maximum Gasteiger partial charge on any atom is 0.186 e. The number of rotatable bonds is 11. The summed E-state index contributed by atoms with van der Waals surface area (Å²) in [4.78, 5) is 0. The molecule has 186 valence electrons. The lowest BCUT2D eigenvalue weighted by Gasteiger charge is -2.43. The van der Waals surface area contributed by atoms with Gasteiger partial charge in [-0.05, 0) is 28.8 Å². The van der Waals surface area contributed by atoms with Crippen LogP contribution < -0.4 is 0 Å². The van der Waals surface area contributed by atoms with Crippen molar-refractivity contribution >= 4 is 15.9 Å². The minimum atomic E-state index is -1.02. The van der Waals surface area contributed by atoms with Crippen LogP contribution in [0.25, 0.3) is 0 Å². The molecule has 4 rings (SSSR count). The highest BCUT2D eigenvalue weighted by Gasteiger charge is 2.47. The first-order chi connectivity index (χ1) is 17.1. The summed E-state index contributed by atoms with van der Waals surface area (Å²) < 4.78 is 31.1. The molecule has 7 heteroatoms. The highest BCUT2D eigenvalue weighted by molar-refractivity contribution is 9.10. The van der Waals surface area contributed by atoms with Crippen molar-refractivity contribution in [3.63, 3.8) is 0 Å². The molecule has 0 amide bonds. The van der Waals surface area contributed by atoms with Crippen molar-refractivity contribution in [2.75, 3.05) is 13.7 Å². The molecule has 1 aliphatic rings. The molecule has 35 heavy (non-hydrogen) atoms.